The van der Waals surface area contributed by atoms with Gasteiger partial charge in [0.1, 0.15) is 0 Å². The van der Waals surface area contributed by atoms with Gasteiger partial charge in [-0.3, -0.25) is 4.79 Å². The monoisotopic (exact) mass is 314 g/mol. The zero-order valence-electron chi connectivity index (χ0n) is 10.7. The first-order chi connectivity index (χ1) is 9.71. The van der Waals surface area contributed by atoms with Crippen LogP contribution in [-0.4, -0.2) is 20.5 Å². The minimum Gasteiger partial charge on any atom is -0.288 e. The van der Waals surface area contributed by atoms with Crippen molar-refractivity contribution in [2.45, 2.75) is 4.90 Å². The Kier molecular flexibility index (Phi) is 3.87. The van der Waals surface area contributed by atoms with Crippen molar-refractivity contribution < 1.29 is 26.4 Å². The summed E-state index contributed by atoms with van der Waals surface area (Å²) in [6.45, 7) is 0. The van der Waals surface area contributed by atoms with Crippen molar-refractivity contribution in [3.63, 3.8) is 0 Å². The molecule has 3 nitrogen and oxygen atoms in total. The van der Waals surface area contributed by atoms with E-state index in [4.69, 9.17) is 0 Å². The topological polar surface area (TPSA) is 51.2 Å². The first-order valence-corrected chi connectivity index (χ1v) is 7.59. The standard InChI is InChI=1S/C14H9F3O3S/c1-21(19,20)9-4-2-3-8(7-9)14(18)10-5-6-11(15)13(17)12(10)16/h2-7H,1H3. The van der Waals surface area contributed by atoms with Gasteiger partial charge in [0.25, 0.3) is 0 Å². The summed E-state index contributed by atoms with van der Waals surface area (Å²) in [7, 11) is -3.55. The summed E-state index contributed by atoms with van der Waals surface area (Å²) in [4.78, 5) is 12.0. The Balaban J connectivity index is 2.54. The predicted molar refractivity (Wildman–Crippen MR) is 69.3 cm³/mol. The zero-order valence-corrected chi connectivity index (χ0v) is 11.5. The highest BCUT2D eigenvalue weighted by molar-refractivity contribution is 7.90. The van der Waals surface area contributed by atoms with Crippen molar-refractivity contribution in [1.29, 1.82) is 0 Å². The van der Waals surface area contributed by atoms with Crippen molar-refractivity contribution in [2.75, 3.05) is 6.26 Å². The number of carbonyl (C=O) groups is 1. The maximum atomic E-state index is 13.6. The molecule has 0 N–H and O–H groups in total. The van der Waals surface area contributed by atoms with Gasteiger partial charge in [0.15, 0.2) is 33.1 Å². The van der Waals surface area contributed by atoms with Crippen molar-refractivity contribution in [1.82, 2.24) is 0 Å². The molecule has 0 spiro atoms. The van der Waals surface area contributed by atoms with Crippen LogP contribution in [0.3, 0.4) is 0 Å². The fourth-order valence-corrected chi connectivity index (χ4v) is 2.39. The molecule has 0 bridgehead atoms. The van der Waals surface area contributed by atoms with E-state index >= 15 is 0 Å². The zero-order chi connectivity index (χ0) is 15.8. The molecule has 0 heterocycles. The van der Waals surface area contributed by atoms with E-state index in [1.165, 1.54) is 18.2 Å². The highest BCUT2D eigenvalue weighted by Crippen LogP contribution is 2.20. The first-order valence-electron chi connectivity index (χ1n) is 5.70. The van der Waals surface area contributed by atoms with Crippen molar-refractivity contribution in [3.8, 4) is 0 Å². The molecule has 0 aliphatic carbocycles. The molecule has 2 aromatic rings. The number of halogens is 3. The summed E-state index contributed by atoms with van der Waals surface area (Å²) in [5.41, 5.74) is -0.803. The molecule has 0 atom stereocenters. The Bertz CT molecular complexity index is 829. The molecule has 0 aromatic heterocycles. The third-order valence-corrected chi connectivity index (χ3v) is 3.91. The summed E-state index contributed by atoms with van der Waals surface area (Å²) in [5, 5.41) is 0. The predicted octanol–water partition coefficient (Wildman–Crippen LogP) is 2.74. The van der Waals surface area contributed by atoms with Crippen LogP contribution < -0.4 is 0 Å². The SMILES string of the molecule is CS(=O)(=O)c1cccc(C(=O)c2ccc(F)c(F)c2F)c1. The van der Waals surface area contributed by atoms with E-state index < -0.39 is 38.6 Å². The molecule has 2 rings (SSSR count). The van der Waals surface area contributed by atoms with Gasteiger partial charge in [-0.25, -0.2) is 21.6 Å². The Labute approximate surface area is 119 Å². The van der Waals surface area contributed by atoms with Crippen molar-refractivity contribution in [2.24, 2.45) is 0 Å². The molecular weight excluding hydrogens is 305 g/mol. The lowest BCUT2D eigenvalue weighted by molar-refractivity contribution is 0.103. The van der Waals surface area contributed by atoms with Gasteiger partial charge in [-0.2, -0.15) is 0 Å². The first kappa shape index (κ1) is 15.2. The molecule has 0 fully saturated rings. The van der Waals surface area contributed by atoms with Crippen LogP contribution in [0.25, 0.3) is 0 Å². The quantitative estimate of drug-likeness (QED) is 0.646. The largest absolute Gasteiger partial charge is 0.288 e. The van der Waals surface area contributed by atoms with E-state index in [1.807, 2.05) is 0 Å². The molecule has 0 saturated carbocycles. The van der Waals surface area contributed by atoms with E-state index in [2.05, 4.69) is 0 Å². The average Bonchev–Trinajstić information content (AvgIpc) is 2.43. The van der Waals surface area contributed by atoms with Crippen LogP contribution in [0.5, 0.6) is 0 Å². The highest BCUT2D eigenvalue weighted by atomic mass is 32.2. The van der Waals surface area contributed by atoms with Crippen LogP contribution in [0.1, 0.15) is 15.9 Å². The number of benzene rings is 2. The van der Waals surface area contributed by atoms with Gasteiger partial charge in [-0.1, -0.05) is 12.1 Å². The maximum absolute atomic E-state index is 13.6. The number of rotatable bonds is 3. The third kappa shape index (κ3) is 2.97. The van der Waals surface area contributed by atoms with Crippen LogP contribution in [0.15, 0.2) is 41.3 Å². The molecule has 0 unspecified atom stereocenters. The van der Waals surface area contributed by atoms with E-state index in [9.17, 15) is 26.4 Å². The number of carbonyl (C=O) groups excluding carboxylic acids is 1. The fourth-order valence-electron chi connectivity index (χ4n) is 1.72. The number of hydrogen-bond acceptors (Lipinski definition) is 3. The summed E-state index contributed by atoms with van der Waals surface area (Å²) in [5.74, 6) is -5.70. The summed E-state index contributed by atoms with van der Waals surface area (Å²) >= 11 is 0. The Morgan fingerprint density at radius 2 is 1.67 bits per heavy atom. The lowest BCUT2D eigenvalue weighted by atomic mass is 10.0. The molecule has 110 valence electrons. The lowest BCUT2D eigenvalue weighted by Crippen LogP contribution is -2.08. The number of ketones is 1. The minimum atomic E-state index is -3.55. The smallest absolute Gasteiger partial charge is 0.196 e. The van der Waals surface area contributed by atoms with Crippen LogP contribution in [-0.2, 0) is 9.84 Å². The molecule has 0 aliphatic rings. The lowest BCUT2D eigenvalue weighted by Gasteiger charge is -2.06. The van der Waals surface area contributed by atoms with E-state index in [1.54, 1.807) is 0 Å². The van der Waals surface area contributed by atoms with Gasteiger partial charge in [0.05, 0.1) is 10.5 Å². The molecule has 0 aliphatic heterocycles. The van der Waals surface area contributed by atoms with Gasteiger partial charge in [0, 0.05) is 11.8 Å². The van der Waals surface area contributed by atoms with Crippen LogP contribution in [0.2, 0.25) is 0 Å². The Hall–Kier alpha value is -2.15. The van der Waals surface area contributed by atoms with Crippen LogP contribution in [0.4, 0.5) is 13.2 Å². The van der Waals surface area contributed by atoms with E-state index in [0.29, 0.717) is 6.07 Å². The second kappa shape index (κ2) is 5.33. The van der Waals surface area contributed by atoms with E-state index in [0.717, 1.165) is 18.4 Å². The number of hydrogen-bond donors (Lipinski definition) is 0. The summed E-state index contributed by atoms with van der Waals surface area (Å²) in [6.07, 6.45) is 0.953. The van der Waals surface area contributed by atoms with Gasteiger partial charge in [-0.05, 0) is 24.3 Å². The third-order valence-electron chi connectivity index (χ3n) is 2.80. The summed E-state index contributed by atoms with van der Waals surface area (Å²) in [6, 6.07) is 6.33. The van der Waals surface area contributed by atoms with Crippen molar-refractivity contribution >= 4 is 15.6 Å². The average molecular weight is 314 g/mol. The second-order valence-electron chi connectivity index (χ2n) is 4.35. The van der Waals surface area contributed by atoms with Gasteiger partial charge in [0.2, 0.25) is 0 Å². The molecule has 7 heteroatoms. The molecule has 2 aromatic carbocycles. The maximum Gasteiger partial charge on any atom is 0.196 e. The second-order valence-corrected chi connectivity index (χ2v) is 6.37. The van der Waals surface area contributed by atoms with E-state index in [-0.39, 0.29) is 10.5 Å². The Morgan fingerprint density at radius 3 is 2.29 bits per heavy atom. The fraction of sp³-hybridized carbons (Fsp3) is 0.0714. The van der Waals surface area contributed by atoms with Gasteiger partial charge in [-0.15, -0.1) is 0 Å². The van der Waals surface area contributed by atoms with Crippen LogP contribution >= 0.6 is 0 Å². The molecule has 0 amide bonds. The normalized spacial score (nSPS) is 11.4. The minimum absolute atomic E-state index is 0.128. The molecule has 21 heavy (non-hydrogen) atoms. The number of sulfone groups is 1. The molecule has 0 saturated heterocycles. The molecular formula is C14H9F3O3S. The van der Waals surface area contributed by atoms with Crippen LogP contribution in [0, 0.1) is 17.5 Å². The highest BCUT2D eigenvalue weighted by Gasteiger charge is 2.20. The Morgan fingerprint density at radius 1 is 1.00 bits per heavy atom. The van der Waals surface area contributed by atoms with Crippen molar-refractivity contribution in [3.05, 3.63) is 65.0 Å². The molecule has 0 radical (unpaired) electrons. The van der Waals surface area contributed by atoms with Gasteiger partial charge >= 0.3 is 0 Å². The van der Waals surface area contributed by atoms with Gasteiger partial charge < -0.3 is 0 Å². The summed E-state index contributed by atoms with van der Waals surface area (Å²) < 4.78 is 62.4.